The van der Waals surface area contributed by atoms with Gasteiger partial charge in [0, 0.05) is 12.2 Å². The highest BCUT2D eigenvalue weighted by molar-refractivity contribution is 7.89. The molecule has 0 spiro atoms. The lowest BCUT2D eigenvalue weighted by Gasteiger charge is -2.21. The summed E-state index contributed by atoms with van der Waals surface area (Å²) in [5, 5.41) is 0. The molecule has 0 saturated carbocycles. The fourth-order valence-electron chi connectivity index (χ4n) is 2.00. The predicted molar refractivity (Wildman–Crippen MR) is 83.1 cm³/mol. The van der Waals surface area contributed by atoms with Crippen LogP contribution < -0.4 is 11.5 Å². The van der Waals surface area contributed by atoms with Gasteiger partial charge >= 0.3 is 0 Å². The van der Waals surface area contributed by atoms with Crippen LogP contribution in [0.1, 0.15) is 32.3 Å². The summed E-state index contributed by atoms with van der Waals surface area (Å²) in [6.07, 6.45) is 2.21. The van der Waals surface area contributed by atoms with E-state index in [0.717, 1.165) is 22.7 Å². The van der Waals surface area contributed by atoms with Crippen molar-refractivity contribution in [1.82, 2.24) is 4.31 Å². The highest BCUT2D eigenvalue weighted by atomic mass is 32.2. The number of carbonyl (C=O) groups excluding carboxylic acids is 1. The van der Waals surface area contributed by atoms with Crippen molar-refractivity contribution in [1.29, 1.82) is 0 Å². The Hall–Kier alpha value is -1.60. The van der Waals surface area contributed by atoms with Crippen LogP contribution in [0.2, 0.25) is 0 Å². The van der Waals surface area contributed by atoms with Crippen LogP contribution >= 0.6 is 0 Å². The Bertz CT molecular complexity index is 599. The minimum Gasteiger partial charge on any atom is -0.398 e. The maximum Gasteiger partial charge on any atom is 0.243 e. The summed E-state index contributed by atoms with van der Waals surface area (Å²) in [7, 11) is -3.76. The quantitative estimate of drug-likeness (QED) is 0.701. The highest BCUT2D eigenvalue weighted by Gasteiger charge is 2.25. The van der Waals surface area contributed by atoms with Crippen molar-refractivity contribution in [3.05, 3.63) is 23.8 Å². The Balaban J connectivity index is 3.15. The summed E-state index contributed by atoms with van der Waals surface area (Å²) in [5.74, 6) is -0.673. The van der Waals surface area contributed by atoms with E-state index in [0.29, 0.717) is 12.1 Å². The van der Waals surface area contributed by atoms with Gasteiger partial charge in [0.05, 0.1) is 11.4 Å². The van der Waals surface area contributed by atoms with Crippen LogP contribution in [-0.4, -0.2) is 31.7 Å². The minimum atomic E-state index is -3.76. The fraction of sp³-hybridized carbons (Fsp3) is 0.500. The number of aryl methyl sites for hydroxylation is 1. The smallest absolute Gasteiger partial charge is 0.243 e. The van der Waals surface area contributed by atoms with Crippen LogP contribution in [0.3, 0.4) is 0 Å². The number of unbranched alkanes of at least 4 members (excludes halogenated alkanes) is 1. The van der Waals surface area contributed by atoms with Gasteiger partial charge in [-0.3, -0.25) is 4.79 Å². The molecule has 7 heteroatoms. The van der Waals surface area contributed by atoms with Gasteiger partial charge in [-0.2, -0.15) is 4.31 Å². The average Bonchev–Trinajstić information content (AvgIpc) is 2.42. The first-order chi connectivity index (χ1) is 9.82. The number of nitrogens with two attached hydrogens (primary N) is 2. The number of anilines is 1. The number of hydrogen-bond acceptors (Lipinski definition) is 4. The number of nitrogens with zero attached hydrogens (tertiary/aromatic N) is 1. The molecule has 1 rings (SSSR count). The second-order valence-corrected chi connectivity index (χ2v) is 6.81. The van der Waals surface area contributed by atoms with Crippen molar-refractivity contribution in [3.8, 4) is 0 Å². The zero-order valence-electron chi connectivity index (χ0n) is 12.5. The van der Waals surface area contributed by atoms with E-state index in [-0.39, 0.29) is 18.0 Å². The zero-order chi connectivity index (χ0) is 16.0. The number of nitrogen functional groups attached to an aromatic ring is 1. The van der Waals surface area contributed by atoms with Crippen LogP contribution in [0.25, 0.3) is 0 Å². The molecule has 0 aliphatic rings. The first-order valence-corrected chi connectivity index (χ1v) is 8.43. The standard InChI is InChI=1S/C14H23N3O3S/c1-3-5-8-17(10-14(16)18)21(19,20)12-7-6-11(4-2)13(15)9-12/h6-7,9H,3-5,8,10,15H2,1-2H3,(H2,16,18). The van der Waals surface area contributed by atoms with E-state index < -0.39 is 15.9 Å². The second-order valence-electron chi connectivity index (χ2n) is 4.87. The summed E-state index contributed by atoms with van der Waals surface area (Å²) in [6.45, 7) is 3.83. The number of sulfonamides is 1. The summed E-state index contributed by atoms with van der Waals surface area (Å²) in [5.41, 5.74) is 12.3. The molecule has 0 unspecified atom stereocenters. The molecular weight excluding hydrogens is 290 g/mol. The molecule has 118 valence electrons. The molecule has 0 saturated heterocycles. The predicted octanol–water partition coefficient (Wildman–Crippen LogP) is 1.11. The maximum absolute atomic E-state index is 12.6. The largest absolute Gasteiger partial charge is 0.398 e. The maximum atomic E-state index is 12.6. The van der Waals surface area contributed by atoms with Gasteiger partial charge in [0.1, 0.15) is 0 Å². The minimum absolute atomic E-state index is 0.0922. The summed E-state index contributed by atoms with van der Waals surface area (Å²) in [4.78, 5) is 11.2. The third-order valence-corrected chi connectivity index (χ3v) is 5.07. The van der Waals surface area contributed by atoms with Crippen molar-refractivity contribution in [3.63, 3.8) is 0 Å². The second kappa shape index (κ2) is 7.42. The lowest BCUT2D eigenvalue weighted by Crippen LogP contribution is -2.39. The van der Waals surface area contributed by atoms with Crippen LogP contribution in [0, 0.1) is 0 Å². The fourth-order valence-corrected chi connectivity index (χ4v) is 3.48. The van der Waals surface area contributed by atoms with Crippen LogP contribution in [0.15, 0.2) is 23.1 Å². The van der Waals surface area contributed by atoms with E-state index in [4.69, 9.17) is 11.5 Å². The molecule has 0 atom stereocenters. The molecule has 0 bridgehead atoms. The van der Waals surface area contributed by atoms with E-state index in [9.17, 15) is 13.2 Å². The van der Waals surface area contributed by atoms with E-state index in [2.05, 4.69) is 0 Å². The van der Waals surface area contributed by atoms with Gasteiger partial charge in [0.15, 0.2) is 0 Å². The number of amides is 1. The summed E-state index contributed by atoms with van der Waals surface area (Å²) in [6, 6.07) is 4.66. The average molecular weight is 313 g/mol. The SMILES string of the molecule is CCCCN(CC(N)=O)S(=O)(=O)c1ccc(CC)c(N)c1. The molecule has 1 aromatic rings. The monoisotopic (exact) mass is 313 g/mol. The Kier molecular flexibility index (Phi) is 6.17. The lowest BCUT2D eigenvalue weighted by atomic mass is 10.1. The number of rotatable bonds is 8. The molecule has 0 aliphatic heterocycles. The molecule has 4 N–H and O–H groups in total. The molecule has 1 amide bonds. The normalized spacial score (nSPS) is 11.8. The Morgan fingerprint density at radius 1 is 1.29 bits per heavy atom. The van der Waals surface area contributed by atoms with E-state index in [1.165, 1.54) is 12.1 Å². The van der Waals surface area contributed by atoms with Crippen molar-refractivity contribution >= 4 is 21.6 Å². The molecular formula is C14H23N3O3S. The molecule has 0 radical (unpaired) electrons. The molecule has 0 aromatic heterocycles. The summed E-state index contributed by atoms with van der Waals surface area (Å²) >= 11 is 0. The first-order valence-electron chi connectivity index (χ1n) is 6.99. The van der Waals surface area contributed by atoms with Gasteiger partial charge in [-0.05, 0) is 30.5 Å². The van der Waals surface area contributed by atoms with Gasteiger partial charge in [-0.25, -0.2) is 8.42 Å². The zero-order valence-corrected chi connectivity index (χ0v) is 13.3. The van der Waals surface area contributed by atoms with Crippen molar-refractivity contribution in [2.24, 2.45) is 5.73 Å². The van der Waals surface area contributed by atoms with Crippen LogP contribution in [-0.2, 0) is 21.2 Å². The van der Waals surface area contributed by atoms with Gasteiger partial charge in [-0.15, -0.1) is 0 Å². The van der Waals surface area contributed by atoms with Gasteiger partial charge in [-0.1, -0.05) is 26.3 Å². The summed E-state index contributed by atoms with van der Waals surface area (Å²) < 4.78 is 26.3. The van der Waals surface area contributed by atoms with Crippen LogP contribution in [0.4, 0.5) is 5.69 Å². The van der Waals surface area contributed by atoms with Gasteiger partial charge in [0.25, 0.3) is 0 Å². The highest BCUT2D eigenvalue weighted by Crippen LogP contribution is 2.22. The Labute approximate surface area is 126 Å². The van der Waals surface area contributed by atoms with E-state index >= 15 is 0 Å². The molecule has 1 aromatic carbocycles. The Morgan fingerprint density at radius 3 is 2.43 bits per heavy atom. The van der Waals surface area contributed by atoms with Crippen molar-refractivity contribution < 1.29 is 13.2 Å². The topological polar surface area (TPSA) is 106 Å². The van der Waals surface area contributed by atoms with Crippen molar-refractivity contribution in [2.75, 3.05) is 18.8 Å². The third-order valence-electron chi connectivity index (χ3n) is 3.23. The number of primary amides is 1. The van der Waals surface area contributed by atoms with E-state index in [1.807, 2.05) is 13.8 Å². The molecule has 0 fully saturated rings. The first kappa shape index (κ1) is 17.5. The molecule has 0 aliphatic carbocycles. The Morgan fingerprint density at radius 2 is 1.95 bits per heavy atom. The third kappa shape index (κ3) is 4.44. The lowest BCUT2D eigenvalue weighted by molar-refractivity contribution is -0.118. The van der Waals surface area contributed by atoms with Gasteiger partial charge in [0.2, 0.25) is 15.9 Å². The van der Waals surface area contributed by atoms with Gasteiger partial charge < -0.3 is 11.5 Å². The number of hydrogen-bond donors (Lipinski definition) is 2. The van der Waals surface area contributed by atoms with Crippen LogP contribution in [0.5, 0.6) is 0 Å². The number of benzene rings is 1. The van der Waals surface area contributed by atoms with E-state index in [1.54, 1.807) is 6.07 Å². The molecule has 6 nitrogen and oxygen atoms in total. The van der Waals surface area contributed by atoms with Crippen molar-refractivity contribution in [2.45, 2.75) is 38.0 Å². The number of carbonyl (C=O) groups is 1. The molecule has 0 heterocycles. The molecule has 21 heavy (non-hydrogen) atoms.